The normalized spacial score (nSPS) is 16.1. The zero-order chi connectivity index (χ0) is 20.2. The monoisotopic (exact) mass is 390 g/mol. The van der Waals surface area contributed by atoms with Gasteiger partial charge >= 0.3 is 0 Å². The molecule has 6 heteroatoms. The van der Waals surface area contributed by atoms with Gasteiger partial charge < -0.3 is 9.64 Å². The van der Waals surface area contributed by atoms with E-state index in [4.69, 9.17) is 4.74 Å². The van der Waals surface area contributed by atoms with Gasteiger partial charge in [0, 0.05) is 32.1 Å². The Kier molecular flexibility index (Phi) is 5.71. The summed E-state index contributed by atoms with van der Waals surface area (Å²) in [5, 5.41) is 4.51. The maximum Gasteiger partial charge on any atom is 0.257 e. The third-order valence-corrected chi connectivity index (χ3v) is 5.42. The quantitative estimate of drug-likeness (QED) is 0.644. The molecular weight excluding hydrogens is 364 g/mol. The molecule has 0 bridgehead atoms. The number of benzene rings is 1. The van der Waals surface area contributed by atoms with Crippen LogP contribution in [0.3, 0.4) is 0 Å². The molecule has 1 saturated heterocycles. The lowest BCUT2D eigenvalue weighted by Gasteiger charge is -2.25. The molecule has 0 aliphatic carbocycles. The van der Waals surface area contributed by atoms with E-state index in [1.54, 1.807) is 18.6 Å². The van der Waals surface area contributed by atoms with Crippen LogP contribution in [0.25, 0.3) is 5.69 Å². The second kappa shape index (κ2) is 8.57. The molecule has 1 atom stereocenters. The van der Waals surface area contributed by atoms with Crippen LogP contribution in [0.2, 0.25) is 0 Å². The number of ether oxygens (including phenoxy) is 1. The average Bonchev–Trinajstić information content (AvgIpc) is 3.38. The summed E-state index contributed by atoms with van der Waals surface area (Å²) in [5.74, 6) is -0.0262. The molecule has 4 rings (SSSR count). The number of nitrogens with zero attached hydrogens (tertiary/aromatic N) is 4. The Hall–Kier alpha value is -2.99. The number of amides is 1. The molecule has 2 aromatic heterocycles. The molecule has 0 saturated carbocycles. The number of hydrogen-bond donors (Lipinski definition) is 0. The SMILES string of the molecule is Cc1ccccc1-n1ncc(C(=O)N(Cc2cccnc2)CC2CCCO2)c1C. The zero-order valence-corrected chi connectivity index (χ0v) is 16.9. The Morgan fingerprint density at radius 2 is 2.07 bits per heavy atom. The van der Waals surface area contributed by atoms with Crippen molar-refractivity contribution in [3.8, 4) is 5.69 Å². The highest BCUT2D eigenvalue weighted by Gasteiger charge is 2.26. The minimum absolute atomic E-state index is 0.0262. The number of carbonyl (C=O) groups is 1. The first kappa shape index (κ1) is 19.3. The van der Waals surface area contributed by atoms with Crippen LogP contribution in [0.4, 0.5) is 0 Å². The van der Waals surface area contributed by atoms with Crippen molar-refractivity contribution in [3.05, 3.63) is 77.4 Å². The fraction of sp³-hybridized carbons (Fsp3) is 0.348. The molecule has 1 fully saturated rings. The Labute approximate surface area is 171 Å². The summed E-state index contributed by atoms with van der Waals surface area (Å²) in [6.45, 7) is 5.83. The van der Waals surface area contributed by atoms with Crippen molar-refractivity contribution < 1.29 is 9.53 Å². The predicted octanol–water partition coefficient (Wildman–Crippen LogP) is 3.71. The Morgan fingerprint density at radius 3 is 2.79 bits per heavy atom. The minimum Gasteiger partial charge on any atom is -0.376 e. The molecule has 0 spiro atoms. The zero-order valence-electron chi connectivity index (χ0n) is 16.9. The van der Waals surface area contributed by atoms with Crippen molar-refractivity contribution in [1.29, 1.82) is 0 Å². The fourth-order valence-electron chi connectivity index (χ4n) is 3.80. The van der Waals surface area contributed by atoms with E-state index in [0.717, 1.165) is 42.0 Å². The molecule has 1 aliphatic heterocycles. The van der Waals surface area contributed by atoms with Crippen LogP contribution >= 0.6 is 0 Å². The summed E-state index contributed by atoms with van der Waals surface area (Å²) < 4.78 is 7.64. The van der Waals surface area contributed by atoms with Gasteiger partial charge in [0.2, 0.25) is 0 Å². The van der Waals surface area contributed by atoms with Gasteiger partial charge in [-0.3, -0.25) is 9.78 Å². The van der Waals surface area contributed by atoms with E-state index in [2.05, 4.69) is 10.1 Å². The first-order chi connectivity index (χ1) is 14.1. The van der Waals surface area contributed by atoms with E-state index in [-0.39, 0.29) is 12.0 Å². The van der Waals surface area contributed by atoms with E-state index in [9.17, 15) is 4.79 Å². The van der Waals surface area contributed by atoms with Crippen molar-refractivity contribution in [1.82, 2.24) is 19.7 Å². The van der Waals surface area contributed by atoms with Gasteiger partial charge in [0.15, 0.2) is 0 Å². The molecule has 3 heterocycles. The van der Waals surface area contributed by atoms with E-state index >= 15 is 0 Å². The minimum atomic E-state index is -0.0262. The molecule has 3 aromatic rings. The third kappa shape index (κ3) is 4.22. The summed E-state index contributed by atoms with van der Waals surface area (Å²) >= 11 is 0. The van der Waals surface area contributed by atoms with Crippen LogP contribution in [-0.4, -0.2) is 44.8 Å². The first-order valence-electron chi connectivity index (χ1n) is 10.0. The summed E-state index contributed by atoms with van der Waals surface area (Å²) in [6.07, 6.45) is 7.34. The number of rotatable bonds is 6. The molecule has 6 nitrogen and oxygen atoms in total. The summed E-state index contributed by atoms with van der Waals surface area (Å²) in [6, 6.07) is 11.9. The number of hydrogen-bond acceptors (Lipinski definition) is 4. The van der Waals surface area contributed by atoms with Crippen LogP contribution in [-0.2, 0) is 11.3 Å². The molecule has 1 unspecified atom stereocenters. The maximum absolute atomic E-state index is 13.5. The van der Waals surface area contributed by atoms with Crippen molar-refractivity contribution in [2.75, 3.05) is 13.2 Å². The highest BCUT2D eigenvalue weighted by molar-refractivity contribution is 5.95. The summed E-state index contributed by atoms with van der Waals surface area (Å²) in [7, 11) is 0. The lowest BCUT2D eigenvalue weighted by Crippen LogP contribution is -2.37. The van der Waals surface area contributed by atoms with Crippen molar-refractivity contribution in [2.45, 2.75) is 39.3 Å². The second-order valence-corrected chi connectivity index (χ2v) is 7.52. The lowest BCUT2D eigenvalue weighted by atomic mass is 10.1. The lowest BCUT2D eigenvalue weighted by molar-refractivity contribution is 0.0506. The molecule has 0 radical (unpaired) electrons. The maximum atomic E-state index is 13.5. The number of para-hydroxylation sites is 1. The van der Waals surface area contributed by atoms with Gasteiger partial charge in [-0.2, -0.15) is 5.10 Å². The van der Waals surface area contributed by atoms with Gasteiger partial charge in [-0.15, -0.1) is 0 Å². The van der Waals surface area contributed by atoms with Crippen molar-refractivity contribution in [3.63, 3.8) is 0 Å². The van der Waals surface area contributed by atoms with Gasteiger partial charge in [-0.05, 0) is 49.9 Å². The summed E-state index contributed by atoms with van der Waals surface area (Å²) in [4.78, 5) is 19.5. The van der Waals surface area contributed by atoms with Gasteiger partial charge in [0.1, 0.15) is 0 Å². The number of pyridine rings is 1. The largest absolute Gasteiger partial charge is 0.376 e. The van der Waals surface area contributed by atoms with E-state index < -0.39 is 0 Å². The Bertz CT molecular complexity index is 978. The van der Waals surface area contributed by atoms with Gasteiger partial charge in [0.05, 0.1) is 29.2 Å². The highest BCUT2D eigenvalue weighted by Crippen LogP contribution is 2.21. The molecule has 1 amide bonds. The number of aromatic nitrogens is 3. The van der Waals surface area contributed by atoms with Crippen LogP contribution in [0.15, 0.2) is 55.0 Å². The van der Waals surface area contributed by atoms with Gasteiger partial charge in [-0.1, -0.05) is 24.3 Å². The molecule has 29 heavy (non-hydrogen) atoms. The fourth-order valence-corrected chi connectivity index (χ4v) is 3.80. The standard InChI is InChI=1S/C23H26N4O2/c1-17-7-3-4-10-22(17)27-18(2)21(14-25-27)23(28)26(16-20-9-6-12-29-20)15-19-8-5-11-24-13-19/h3-5,7-8,10-11,13-14,20H,6,9,12,15-16H2,1-2H3. The molecule has 1 aromatic carbocycles. The van der Waals surface area contributed by atoms with Crippen LogP contribution < -0.4 is 0 Å². The Balaban J connectivity index is 1.62. The summed E-state index contributed by atoms with van der Waals surface area (Å²) in [5.41, 5.74) is 4.57. The second-order valence-electron chi connectivity index (χ2n) is 7.52. The van der Waals surface area contributed by atoms with Crippen LogP contribution in [0, 0.1) is 13.8 Å². The third-order valence-electron chi connectivity index (χ3n) is 5.42. The topological polar surface area (TPSA) is 60.2 Å². The number of carbonyl (C=O) groups excluding carboxylic acids is 1. The molecule has 1 aliphatic rings. The molecule has 0 N–H and O–H groups in total. The van der Waals surface area contributed by atoms with Crippen LogP contribution in [0.5, 0.6) is 0 Å². The van der Waals surface area contributed by atoms with Gasteiger partial charge in [-0.25, -0.2) is 4.68 Å². The first-order valence-corrected chi connectivity index (χ1v) is 10.0. The van der Waals surface area contributed by atoms with E-state index in [0.29, 0.717) is 18.7 Å². The smallest absolute Gasteiger partial charge is 0.257 e. The van der Waals surface area contributed by atoms with Crippen LogP contribution in [0.1, 0.15) is 40.0 Å². The van der Waals surface area contributed by atoms with Crippen molar-refractivity contribution >= 4 is 5.91 Å². The molecular formula is C23H26N4O2. The van der Waals surface area contributed by atoms with E-state index in [1.807, 2.05) is 59.8 Å². The van der Waals surface area contributed by atoms with E-state index in [1.165, 1.54) is 0 Å². The Morgan fingerprint density at radius 1 is 1.21 bits per heavy atom. The molecule has 150 valence electrons. The number of aryl methyl sites for hydroxylation is 1. The highest BCUT2D eigenvalue weighted by atomic mass is 16.5. The predicted molar refractivity (Wildman–Crippen MR) is 111 cm³/mol. The van der Waals surface area contributed by atoms with Gasteiger partial charge in [0.25, 0.3) is 5.91 Å². The van der Waals surface area contributed by atoms with Crippen molar-refractivity contribution in [2.24, 2.45) is 0 Å². The average molecular weight is 390 g/mol.